The van der Waals surface area contributed by atoms with Crippen molar-refractivity contribution in [2.75, 3.05) is 0 Å². The topological polar surface area (TPSA) is 26.3 Å². The molecule has 0 bridgehead atoms. The largest absolute Gasteiger partial charge is 0.462 e. The van der Waals surface area contributed by atoms with Gasteiger partial charge in [0, 0.05) is 0 Å². The van der Waals surface area contributed by atoms with Gasteiger partial charge in [0.25, 0.3) is 6.47 Å². The first kappa shape index (κ1) is 24.7. The summed E-state index contributed by atoms with van der Waals surface area (Å²) in [4.78, 5) is 10.5. The van der Waals surface area contributed by atoms with Crippen LogP contribution in [0, 0.1) is 19.3 Å². The first-order valence-electron chi connectivity index (χ1n) is 11.2. The van der Waals surface area contributed by atoms with Gasteiger partial charge in [-0.3, -0.25) is 4.79 Å². The minimum Gasteiger partial charge on any atom is -0.462 e. The molecule has 0 saturated carbocycles. The van der Waals surface area contributed by atoms with Crippen LogP contribution in [-0.4, -0.2) is 12.1 Å². The van der Waals surface area contributed by atoms with Crippen molar-refractivity contribution in [1.29, 1.82) is 0 Å². The summed E-state index contributed by atoms with van der Waals surface area (Å²) >= 11 is 0. The molecule has 0 aliphatic carbocycles. The minimum absolute atomic E-state index is 0.344. The van der Waals surface area contributed by atoms with Gasteiger partial charge in [-0.2, -0.15) is 0 Å². The van der Waals surface area contributed by atoms with Crippen molar-refractivity contribution in [2.45, 2.75) is 118 Å². The first-order valence-corrected chi connectivity index (χ1v) is 11.2. The maximum absolute atomic E-state index is 10.5. The van der Waals surface area contributed by atoms with Gasteiger partial charge in [0.05, 0.1) is 0 Å². The molecule has 0 heterocycles. The fourth-order valence-electron chi connectivity index (χ4n) is 3.81. The molecule has 1 rings (SSSR count). The molecule has 2 heteroatoms. The van der Waals surface area contributed by atoms with Gasteiger partial charge >= 0.3 is 0 Å². The molecule has 0 aliphatic heterocycles. The molecule has 0 saturated heterocycles. The van der Waals surface area contributed by atoms with E-state index in [0.29, 0.717) is 11.9 Å². The van der Waals surface area contributed by atoms with E-state index in [4.69, 9.17) is 4.74 Å². The van der Waals surface area contributed by atoms with Crippen molar-refractivity contribution in [3.8, 4) is 0 Å². The lowest BCUT2D eigenvalue weighted by Gasteiger charge is -2.22. The van der Waals surface area contributed by atoms with Gasteiger partial charge in [-0.1, -0.05) is 52.2 Å². The van der Waals surface area contributed by atoms with E-state index in [2.05, 4.69) is 46.8 Å². The second kappa shape index (κ2) is 11.6. The number of aryl methyl sites for hydroxylation is 3. The van der Waals surface area contributed by atoms with E-state index < -0.39 is 0 Å². The van der Waals surface area contributed by atoms with E-state index in [0.717, 1.165) is 25.7 Å². The predicted octanol–water partition coefficient (Wildman–Crippen LogP) is 7.51. The SMILES string of the molecule is Cc1cc(CCCCC(C)(C)OC=O)cc(CCCCCCC(C)(C)C)c1C. The number of unbranched alkanes of at least 4 members (excludes halogenated alkanes) is 4. The Bertz CT molecular complexity index is 593. The molecule has 28 heavy (non-hydrogen) atoms. The summed E-state index contributed by atoms with van der Waals surface area (Å²) in [5.41, 5.74) is 6.01. The lowest BCUT2D eigenvalue weighted by atomic mass is 9.89. The number of benzene rings is 1. The first-order chi connectivity index (χ1) is 13.0. The summed E-state index contributed by atoms with van der Waals surface area (Å²) in [6.45, 7) is 16.1. The maximum Gasteiger partial charge on any atom is 0.293 e. The van der Waals surface area contributed by atoms with Crippen LogP contribution in [0.3, 0.4) is 0 Å². The van der Waals surface area contributed by atoms with Crippen LogP contribution in [0.5, 0.6) is 0 Å². The molecule has 160 valence electrons. The fraction of sp³-hybridized carbons (Fsp3) is 0.731. The third-order valence-electron chi connectivity index (χ3n) is 5.82. The number of hydrogen-bond donors (Lipinski definition) is 0. The van der Waals surface area contributed by atoms with E-state index in [1.54, 1.807) is 0 Å². The smallest absolute Gasteiger partial charge is 0.293 e. The number of ether oxygens (including phenoxy) is 1. The highest BCUT2D eigenvalue weighted by molar-refractivity contribution is 5.38. The molecule has 0 radical (unpaired) electrons. The number of carbonyl (C=O) groups is 1. The molecule has 0 spiro atoms. The third-order valence-corrected chi connectivity index (χ3v) is 5.82. The van der Waals surface area contributed by atoms with Crippen molar-refractivity contribution in [1.82, 2.24) is 0 Å². The van der Waals surface area contributed by atoms with Crippen molar-refractivity contribution in [3.63, 3.8) is 0 Å². The molecule has 0 amide bonds. The zero-order valence-electron chi connectivity index (χ0n) is 19.6. The summed E-state index contributed by atoms with van der Waals surface area (Å²) in [5, 5.41) is 0. The average molecular weight is 389 g/mol. The van der Waals surface area contributed by atoms with E-state index in [9.17, 15) is 4.79 Å². The van der Waals surface area contributed by atoms with Crippen molar-refractivity contribution >= 4 is 6.47 Å². The molecule has 0 fully saturated rings. The van der Waals surface area contributed by atoms with Crippen molar-refractivity contribution < 1.29 is 9.53 Å². The standard InChI is InChI=1S/C26H44O2/c1-21-18-23(14-11-13-17-26(6,7)28-20-27)19-24(22(21)2)15-10-8-9-12-16-25(3,4)5/h18-20H,8-17H2,1-7H3. The molecule has 2 nitrogen and oxygen atoms in total. The summed E-state index contributed by atoms with van der Waals surface area (Å²) in [7, 11) is 0. The van der Waals surface area contributed by atoms with Crippen LogP contribution >= 0.6 is 0 Å². The highest BCUT2D eigenvalue weighted by Crippen LogP contribution is 2.24. The average Bonchev–Trinajstić information content (AvgIpc) is 2.57. The van der Waals surface area contributed by atoms with Crippen LogP contribution in [0.4, 0.5) is 0 Å². The van der Waals surface area contributed by atoms with Crippen LogP contribution < -0.4 is 0 Å². The Hall–Kier alpha value is -1.31. The lowest BCUT2D eigenvalue weighted by Crippen LogP contribution is -2.23. The summed E-state index contributed by atoms with van der Waals surface area (Å²) in [6.07, 6.45) is 12.1. The Morgan fingerprint density at radius 1 is 0.821 bits per heavy atom. The molecule has 1 aromatic carbocycles. The van der Waals surface area contributed by atoms with E-state index in [1.807, 2.05) is 13.8 Å². The van der Waals surface area contributed by atoms with Gasteiger partial charge < -0.3 is 4.74 Å². The molecule has 0 atom stereocenters. The second-order valence-electron chi connectivity index (χ2n) is 10.4. The van der Waals surface area contributed by atoms with Crippen molar-refractivity contribution in [3.05, 3.63) is 34.4 Å². The zero-order chi connectivity index (χ0) is 21.2. The quantitative estimate of drug-likeness (QED) is 0.258. The normalized spacial score (nSPS) is 12.2. The predicted molar refractivity (Wildman–Crippen MR) is 121 cm³/mol. The molecular weight excluding hydrogens is 344 g/mol. The van der Waals surface area contributed by atoms with Crippen LogP contribution in [0.1, 0.15) is 108 Å². The summed E-state index contributed by atoms with van der Waals surface area (Å²) in [5.74, 6) is 0. The minimum atomic E-state index is -0.344. The Morgan fingerprint density at radius 2 is 1.43 bits per heavy atom. The molecule has 1 aromatic rings. The Morgan fingerprint density at radius 3 is 2.07 bits per heavy atom. The van der Waals surface area contributed by atoms with Gasteiger partial charge in [-0.15, -0.1) is 0 Å². The highest BCUT2D eigenvalue weighted by atomic mass is 16.5. The number of hydrogen-bond acceptors (Lipinski definition) is 2. The zero-order valence-corrected chi connectivity index (χ0v) is 19.6. The van der Waals surface area contributed by atoms with E-state index in [-0.39, 0.29) is 5.60 Å². The van der Waals surface area contributed by atoms with Crippen molar-refractivity contribution in [2.24, 2.45) is 5.41 Å². The maximum atomic E-state index is 10.5. The van der Waals surface area contributed by atoms with Crippen LogP contribution in [0.25, 0.3) is 0 Å². The summed E-state index contributed by atoms with van der Waals surface area (Å²) < 4.78 is 5.15. The molecule has 0 aromatic heterocycles. The van der Waals surface area contributed by atoms with Gasteiger partial charge in [0.15, 0.2) is 0 Å². The molecule has 0 N–H and O–H groups in total. The second-order valence-corrected chi connectivity index (χ2v) is 10.4. The van der Waals surface area contributed by atoms with Crippen LogP contribution in [0.15, 0.2) is 12.1 Å². The van der Waals surface area contributed by atoms with Gasteiger partial charge in [-0.25, -0.2) is 0 Å². The van der Waals surface area contributed by atoms with Crippen LogP contribution in [-0.2, 0) is 22.4 Å². The fourth-order valence-corrected chi connectivity index (χ4v) is 3.81. The van der Waals surface area contributed by atoms with Gasteiger partial charge in [0.1, 0.15) is 5.60 Å². The Balaban J connectivity index is 2.45. The van der Waals surface area contributed by atoms with E-state index >= 15 is 0 Å². The molecule has 0 unspecified atom stereocenters. The third kappa shape index (κ3) is 10.3. The highest BCUT2D eigenvalue weighted by Gasteiger charge is 2.17. The molecular formula is C26H44O2. The van der Waals surface area contributed by atoms with Crippen LogP contribution in [0.2, 0.25) is 0 Å². The van der Waals surface area contributed by atoms with E-state index in [1.165, 1.54) is 60.8 Å². The lowest BCUT2D eigenvalue weighted by molar-refractivity contribution is -0.140. The number of carbonyl (C=O) groups excluding carboxylic acids is 1. The summed E-state index contributed by atoms with van der Waals surface area (Å²) in [6, 6.07) is 4.79. The van der Waals surface area contributed by atoms with Gasteiger partial charge in [0.2, 0.25) is 0 Å². The monoisotopic (exact) mass is 388 g/mol. The number of rotatable bonds is 13. The molecule has 0 aliphatic rings. The Kier molecular flexibility index (Phi) is 10.3. The Labute approximate surface area is 174 Å². The van der Waals surface area contributed by atoms with Gasteiger partial charge in [-0.05, 0) is 100 Å².